The maximum Gasteiger partial charge on any atom is 0.238 e. The van der Waals surface area contributed by atoms with E-state index in [0.29, 0.717) is 5.69 Å². The van der Waals surface area contributed by atoms with Crippen molar-refractivity contribution in [2.45, 2.75) is 6.42 Å². The predicted octanol–water partition coefficient (Wildman–Crippen LogP) is 2.79. The van der Waals surface area contributed by atoms with Crippen molar-refractivity contribution in [2.24, 2.45) is 23.7 Å². The number of carbonyl (C=O) groups excluding carboxylic acids is 2. The van der Waals surface area contributed by atoms with Gasteiger partial charge in [0.1, 0.15) is 5.82 Å². The van der Waals surface area contributed by atoms with Crippen LogP contribution < -0.4 is 4.90 Å². The third-order valence-corrected chi connectivity index (χ3v) is 4.92. The summed E-state index contributed by atoms with van der Waals surface area (Å²) in [6, 6.07) is 3.94. The Hall–Kier alpha value is -1.68. The monoisotopic (exact) mass is 291 g/mol. The van der Waals surface area contributed by atoms with Crippen molar-refractivity contribution in [2.75, 3.05) is 4.90 Å². The van der Waals surface area contributed by atoms with Crippen molar-refractivity contribution >= 4 is 29.1 Å². The topological polar surface area (TPSA) is 37.4 Å². The molecule has 2 amide bonds. The summed E-state index contributed by atoms with van der Waals surface area (Å²) >= 11 is 5.74. The van der Waals surface area contributed by atoms with Crippen LogP contribution in [0, 0.1) is 29.5 Å². The summed E-state index contributed by atoms with van der Waals surface area (Å²) in [5, 5.41) is -0.0822. The highest BCUT2D eigenvalue weighted by molar-refractivity contribution is 6.31. The molecule has 2 fully saturated rings. The van der Waals surface area contributed by atoms with E-state index in [0.717, 1.165) is 6.42 Å². The summed E-state index contributed by atoms with van der Waals surface area (Å²) in [7, 11) is 0. The molecule has 20 heavy (non-hydrogen) atoms. The van der Waals surface area contributed by atoms with Crippen molar-refractivity contribution in [1.29, 1.82) is 0 Å². The maximum absolute atomic E-state index is 13.2. The molecule has 1 heterocycles. The SMILES string of the molecule is O=C1[C@@H]2[C@H](C(=O)N1c1ccc(F)c(Cl)c1)[C@H]1C=C[C@H]2C1. The predicted molar refractivity (Wildman–Crippen MR) is 71.6 cm³/mol. The van der Waals surface area contributed by atoms with E-state index < -0.39 is 5.82 Å². The first-order chi connectivity index (χ1) is 9.58. The Balaban J connectivity index is 1.76. The van der Waals surface area contributed by atoms with Crippen LogP contribution in [0.15, 0.2) is 30.4 Å². The molecule has 0 radical (unpaired) electrons. The first-order valence-corrected chi connectivity index (χ1v) is 6.97. The molecule has 1 aromatic carbocycles. The fourth-order valence-corrected chi connectivity index (χ4v) is 3.96. The van der Waals surface area contributed by atoms with Crippen molar-refractivity contribution in [3.8, 4) is 0 Å². The number of benzene rings is 1. The van der Waals surface area contributed by atoms with E-state index in [2.05, 4.69) is 0 Å². The van der Waals surface area contributed by atoms with E-state index in [-0.39, 0.29) is 40.5 Å². The van der Waals surface area contributed by atoms with Gasteiger partial charge in [-0.1, -0.05) is 23.8 Å². The number of hydrogen-bond donors (Lipinski definition) is 0. The second-order valence-corrected chi connectivity index (χ2v) is 6.02. The van der Waals surface area contributed by atoms with Gasteiger partial charge in [0.2, 0.25) is 11.8 Å². The molecular formula is C15H11ClFNO2. The number of hydrogen-bond acceptors (Lipinski definition) is 2. The number of nitrogens with zero attached hydrogens (tertiary/aromatic N) is 1. The van der Waals surface area contributed by atoms with Crippen LogP contribution in [0.1, 0.15) is 6.42 Å². The summed E-state index contributed by atoms with van der Waals surface area (Å²) in [5.41, 5.74) is 0.361. The zero-order valence-corrected chi connectivity index (χ0v) is 11.2. The van der Waals surface area contributed by atoms with Gasteiger partial charge in [-0.15, -0.1) is 0 Å². The molecule has 3 aliphatic rings. The standard InChI is InChI=1S/C15H11ClFNO2/c16-10-6-9(3-4-11(10)17)18-14(19)12-7-1-2-8(5-7)13(12)15(18)20/h1-4,6-8,12-13H,5H2/t7-,8-,12-,13+/m0/s1. The van der Waals surface area contributed by atoms with Crippen LogP contribution in [0.25, 0.3) is 0 Å². The Bertz CT molecular complexity index is 642. The highest BCUT2D eigenvalue weighted by Gasteiger charge is 2.59. The van der Waals surface area contributed by atoms with Gasteiger partial charge in [-0.25, -0.2) is 9.29 Å². The van der Waals surface area contributed by atoms with Gasteiger partial charge in [0.15, 0.2) is 0 Å². The molecule has 102 valence electrons. The molecular weight excluding hydrogens is 281 g/mol. The van der Waals surface area contributed by atoms with Crippen molar-refractivity contribution < 1.29 is 14.0 Å². The first kappa shape index (κ1) is 12.1. The van der Waals surface area contributed by atoms with Crippen LogP contribution in [0.3, 0.4) is 0 Å². The number of anilines is 1. The minimum Gasteiger partial charge on any atom is -0.274 e. The van der Waals surface area contributed by atoms with Gasteiger partial charge >= 0.3 is 0 Å². The summed E-state index contributed by atoms with van der Waals surface area (Å²) in [5.74, 6) is -1.08. The van der Waals surface area contributed by atoms with E-state index in [1.54, 1.807) is 0 Å². The van der Waals surface area contributed by atoms with Crippen LogP contribution in [0.2, 0.25) is 5.02 Å². The fourth-order valence-electron chi connectivity index (χ4n) is 3.78. The minimum atomic E-state index is -0.559. The van der Waals surface area contributed by atoms with E-state index in [1.807, 2.05) is 12.2 Å². The maximum atomic E-state index is 13.2. The van der Waals surface area contributed by atoms with E-state index in [9.17, 15) is 14.0 Å². The van der Waals surface area contributed by atoms with Gasteiger partial charge in [-0.2, -0.15) is 0 Å². The highest BCUT2D eigenvalue weighted by atomic mass is 35.5. The second kappa shape index (κ2) is 3.92. The molecule has 0 unspecified atom stereocenters. The molecule has 3 nitrogen and oxygen atoms in total. The number of amides is 2. The van der Waals surface area contributed by atoms with Crippen molar-refractivity contribution in [1.82, 2.24) is 0 Å². The molecule has 1 saturated heterocycles. The molecule has 2 bridgehead atoms. The smallest absolute Gasteiger partial charge is 0.238 e. The number of carbonyl (C=O) groups is 2. The number of halogens is 2. The number of fused-ring (bicyclic) bond motifs is 5. The van der Waals surface area contributed by atoms with Crippen LogP contribution in [-0.4, -0.2) is 11.8 Å². The largest absolute Gasteiger partial charge is 0.274 e. The van der Waals surface area contributed by atoms with Crippen LogP contribution in [-0.2, 0) is 9.59 Å². The van der Waals surface area contributed by atoms with Crippen LogP contribution in [0.5, 0.6) is 0 Å². The van der Waals surface area contributed by atoms with Gasteiger partial charge in [-0.3, -0.25) is 9.59 Å². The van der Waals surface area contributed by atoms with E-state index in [4.69, 9.17) is 11.6 Å². The van der Waals surface area contributed by atoms with Gasteiger partial charge in [-0.05, 0) is 36.5 Å². The van der Waals surface area contributed by atoms with Crippen LogP contribution >= 0.6 is 11.6 Å². The zero-order valence-electron chi connectivity index (χ0n) is 10.4. The van der Waals surface area contributed by atoms with Gasteiger partial charge in [0.25, 0.3) is 0 Å². The molecule has 0 spiro atoms. The van der Waals surface area contributed by atoms with Crippen molar-refractivity contribution in [3.05, 3.63) is 41.2 Å². The Labute approximate surface area is 120 Å². The third kappa shape index (κ3) is 1.40. The molecule has 4 atom stereocenters. The lowest BCUT2D eigenvalue weighted by Gasteiger charge is -2.17. The highest BCUT2D eigenvalue weighted by Crippen LogP contribution is 2.53. The number of imide groups is 1. The van der Waals surface area contributed by atoms with Gasteiger partial charge < -0.3 is 0 Å². The first-order valence-electron chi connectivity index (χ1n) is 6.59. The summed E-state index contributed by atoms with van der Waals surface area (Å²) in [6.45, 7) is 0. The minimum absolute atomic E-state index is 0.0822. The van der Waals surface area contributed by atoms with Gasteiger partial charge in [0.05, 0.1) is 22.5 Å². The molecule has 1 saturated carbocycles. The average Bonchev–Trinajstić information content (AvgIpc) is 3.08. The Morgan fingerprint density at radius 3 is 2.25 bits per heavy atom. The summed E-state index contributed by atoms with van der Waals surface area (Å²) in [6.07, 6.45) is 4.97. The Morgan fingerprint density at radius 1 is 1.10 bits per heavy atom. The number of rotatable bonds is 1. The third-order valence-electron chi connectivity index (χ3n) is 4.63. The molecule has 2 aliphatic carbocycles. The number of allylic oxidation sites excluding steroid dienone is 2. The van der Waals surface area contributed by atoms with E-state index in [1.165, 1.54) is 23.1 Å². The lowest BCUT2D eigenvalue weighted by Crippen LogP contribution is -2.32. The molecule has 1 aromatic rings. The lowest BCUT2D eigenvalue weighted by molar-refractivity contribution is -0.123. The molecule has 5 heteroatoms. The second-order valence-electron chi connectivity index (χ2n) is 5.61. The summed E-state index contributed by atoms with van der Waals surface area (Å²) in [4.78, 5) is 26.2. The summed E-state index contributed by atoms with van der Waals surface area (Å²) < 4.78 is 13.2. The zero-order chi connectivity index (χ0) is 14.0. The van der Waals surface area contributed by atoms with Gasteiger partial charge in [0, 0.05) is 0 Å². The Kier molecular flexibility index (Phi) is 2.37. The van der Waals surface area contributed by atoms with Crippen LogP contribution in [0.4, 0.5) is 10.1 Å². The van der Waals surface area contributed by atoms with Crippen molar-refractivity contribution in [3.63, 3.8) is 0 Å². The van der Waals surface area contributed by atoms with E-state index >= 15 is 0 Å². The average molecular weight is 292 g/mol. The fraction of sp³-hybridized carbons (Fsp3) is 0.333. The molecule has 1 aliphatic heterocycles. The molecule has 0 aromatic heterocycles. The molecule has 0 N–H and O–H groups in total. The normalized spacial score (nSPS) is 34.2. The lowest BCUT2D eigenvalue weighted by atomic mass is 9.85. The molecule has 4 rings (SSSR count). The quantitative estimate of drug-likeness (QED) is 0.589. The Morgan fingerprint density at radius 2 is 1.70 bits per heavy atom.